The van der Waals surface area contributed by atoms with Gasteiger partial charge in [-0.1, -0.05) is 18.2 Å². The van der Waals surface area contributed by atoms with Crippen molar-refractivity contribution in [2.45, 2.75) is 19.1 Å². The van der Waals surface area contributed by atoms with E-state index in [2.05, 4.69) is 4.98 Å². The molecule has 0 aliphatic carbocycles. The van der Waals surface area contributed by atoms with Gasteiger partial charge in [0.2, 0.25) is 0 Å². The molecule has 0 spiro atoms. The molecule has 0 bridgehead atoms. The van der Waals surface area contributed by atoms with E-state index in [1.807, 2.05) is 31.2 Å². The molecule has 0 saturated carbocycles. The summed E-state index contributed by atoms with van der Waals surface area (Å²) in [5, 5.41) is 0.251. The predicted molar refractivity (Wildman–Crippen MR) is 87.0 cm³/mol. The van der Waals surface area contributed by atoms with Crippen molar-refractivity contribution in [1.82, 2.24) is 9.55 Å². The molecule has 0 N–H and O–H groups in total. The third-order valence-corrected chi connectivity index (χ3v) is 4.27. The quantitative estimate of drug-likeness (QED) is 0.726. The first kappa shape index (κ1) is 14.7. The third kappa shape index (κ3) is 2.31. The number of hydrogen-bond donors (Lipinski definition) is 0. The molecule has 2 unspecified atom stereocenters. The van der Waals surface area contributed by atoms with Crippen molar-refractivity contribution in [2.75, 3.05) is 6.61 Å². The Morgan fingerprint density at radius 1 is 1.21 bits per heavy atom. The lowest BCUT2D eigenvalue weighted by molar-refractivity contribution is 0.0559. The van der Waals surface area contributed by atoms with Gasteiger partial charge in [0, 0.05) is 0 Å². The second-order valence-electron chi connectivity index (χ2n) is 5.75. The first-order valence-corrected chi connectivity index (χ1v) is 7.69. The monoisotopic (exact) mass is 326 g/mol. The van der Waals surface area contributed by atoms with E-state index in [4.69, 9.17) is 9.47 Å². The Hall–Kier alpha value is -2.89. The largest absolute Gasteiger partial charge is 0.486 e. The zero-order valence-electron chi connectivity index (χ0n) is 13.0. The molecule has 2 aromatic carbocycles. The van der Waals surface area contributed by atoms with Gasteiger partial charge >= 0.3 is 0 Å². The van der Waals surface area contributed by atoms with E-state index < -0.39 is 5.82 Å². The van der Waals surface area contributed by atoms with Crippen molar-refractivity contribution in [3.63, 3.8) is 0 Å². The Labute approximate surface area is 137 Å². The molecule has 24 heavy (non-hydrogen) atoms. The van der Waals surface area contributed by atoms with E-state index >= 15 is 0 Å². The third-order valence-electron chi connectivity index (χ3n) is 4.27. The van der Waals surface area contributed by atoms with E-state index in [9.17, 15) is 9.18 Å². The highest BCUT2D eigenvalue weighted by Crippen LogP contribution is 2.33. The lowest BCUT2D eigenvalue weighted by atomic mass is 10.1. The van der Waals surface area contributed by atoms with Crippen LogP contribution in [0.25, 0.3) is 10.9 Å². The fraction of sp³-hybridized carbons (Fsp3) is 0.222. The first-order valence-electron chi connectivity index (χ1n) is 7.69. The van der Waals surface area contributed by atoms with Gasteiger partial charge in [-0.15, -0.1) is 0 Å². The van der Waals surface area contributed by atoms with Gasteiger partial charge in [-0.25, -0.2) is 9.37 Å². The lowest BCUT2D eigenvalue weighted by Crippen LogP contribution is -2.39. The molecule has 122 valence electrons. The average Bonchev–Trinajstić information content (AvgIpc) is 2.62. The predicted octanol–water partition coefficient (Wildman–Crippen LogP) is 2.94. The molecule has 0 amide bonds. The second kappa shape index (κ2) is 5.63. The molecule has 2 heterocycles. The number of halogens is 1. The molecule has 1 aliphatic rings. The molecule has 2 atom stereocenters. The van der Waals surface area contributed by atoms with Crippen molar-refractivity contribution in [2.24, 2.45) is 0 Å². The van der Waals surface area contributed by atoms with E-state index in [-0.39, 0.29) is 28.6 Å². The summed E-state index contributed by atoms with van der Waals surface area (Å²) in [6.07, 6.45) is 1.02. The van der Waals surface area contributed by atoms with Crippen molar-refractivity contribution < 1.29 is 13.9 Å². The highest BCUT2D eigenvalue weighted by molar-refractivity contribution is 5.77. The maximum Gasteiger partial charge on any atom is 0.261 e. The van der Waals surface area contributed by atoms with Crippen LogP contribution in [0.2, 0.25) is 0 Å². The minimum absolute atomic E-state index is 0.0807. The molecule has 5 nitrogen and oxygen atoms in total. The molecule has 0 radical (unpaired) electrons. The second-order valence-corrected chi connectivity index (χ2v) is 5.75. The van der Waals surface area contributed by atoms with Crippen LogP contribution in [0.1, 0.15) is 13.0 Å². The molecule has 1 aromatic heterocycles. The number of ether oxygens (including phenoxy) is 2. The summed E-state index contributed by atoms with van der Waals surface area (Å²) in [4.78, 5) is 16.8. The van der Waals surface area contributed by atoms with Gasteiger partial charge in [-0.2, -0.15) is 0 Å². The maximum atomic E-state index is 13.8. The summed E-state index contributed by atoms with van der Waals surface area (Å²) in [5.41, 5.74) is -0.216. The molecule has 0 saturated heterocycles. The van der Waals surface area contributed by atoms with Gasteiger partial charge in [0.15, 0.2) is 17.6 Å². The summed E-state index contributed by atoms with van der Waals surface area (Å²) in [7, 11) is 0. The van der Waals surface area contributed by atoms with E-state index in [1.165, 1.54) is 23.0 Å². The fourth-order valence-corrected chi connectivity index (χ4v) is 2.87. The smallest absolute Gasteiger partial charge is 0.261 e. The van der Waals surface area contributed by atoms with E-state index in [0.717, 1.165) is 0 Å². The molecular weight excluding hydrogens is 311 g/mol. The number of rotatable bonds is 2. The Morgan fingerprint density at radius 3 is 2.83 bits per heavy atom. The molecule has 6 heteroatoms. The zero-order chi connectivity index (χ0) is 16.7. The van der Waals surface area contributed by atoms with Gasteiger partial charge in [0.25, 0.3) is 5.56 Å². The molecule has 3 aromatic rings. The van der Waals surface area contributed by atoms with Crippen molar-refractivity contribution in [3.05, 3.63) is 65.0 Å². The van der Waals surface area contributed by atoms with Gasteiger partial charge in [0.05, 0.1) is 17.8 Å². The van der Waals surface area contributed by atoms with Crippen LogP contribution in [0.4, 0.5) is 4.39 Å². The normalized spacial score (nSPS) is 17.7. The number of benzene rings is 2. The first-order chi connectivity index (χ1) is 11.6. The van der Waals surface area contributed by atoms with E-state index in [0.29, 0.717) is 18.1 Å². The van der Waals surface area contributed by atoms with E-state index in [1.54, 1.807) is 6.07 Å². The molecular formula is C18H15FN2O3. The van der Waals surface area contributed by atoms with Crippen molar-refractivity contribution in [1.29, 1.82) is 0 Å². The standard InChI is InChI=1S/C18H15FN2O3/c1-11(16-9-23-14-7-2-3-8-15(14)24-16)21-10-20-17-12(18(21)22)5-4-6-13(17)19/h2-8,10-11,16H,9H2,1H3. The summed E-state index contributed by atoms with van der Waals surface area (Å²) in [6, 6.07) is 11.5. The summed E-state index contributed by atoms with van der Waals surface area (Å²) in [5.74, 6) is 0.830. The highest BCUT2D eigenvalue weighted by Gasteiger charge is 2.28. The van der Waals surface area contributed by atoms with Crippen LogP contribution in [-0.2, 0) is 0 Å². The summed E-state index contributed by atoms with van der Waals surface area (Å²) < 4.78 is 26.9. The molecule has 4 rings (SSSR count). The van der Waals surface area contributed by atoms with Crippen LogP contribution < -0.4 is 15.0 Å². The van der Waals surface area contributed by atoms with Gasteiger partial charge in [-0.05, 0) is 31.2 Å². The molecule has 1 aliphatic heterocycles. The Morgan fingerprint density at radius 2 is 2.00 bits per heavy atom. The molecule has 0 fully saturated rings. The Bertz CT molecular complexity index is 970. The van der Waals surface area contributed by atoms with Gasteiger partial charge < -0.3 is 9.47 Å². The van der Waals surface area contributed by atoms with Crippen LogP contribution in [-0.4, -0.2) is 22.3 Å². The number of hydrogen-bond acceptors (Lipinski definition) is 4. The maximum absolute atomic E-state index is 13.8. The summed E-state index contributed by atoms with van der Waals surface area (Å²) in [6.45, 7) is 2.18. The highest BCUT2D eigenvalue weighted by atomic mass is 19.1. The SMILES string of the molecule is CC(C1COc2ccccc2O1)n1cnc2c(F)cccc2c1=O. The van der Waals surface area contributed by atoms with Crippen LogP contribution in [0.5, 0.6) is 11.5 Å². The average molecular weight is 326 g/mol. The van der Waals surface area contributed by atoms with Crippen LogP contribution in [0.3, 0.4) is 0 Å². The summed E-state index contributed by atoms with van der Waals surface area (Å²) >= 11 is 0. The van der Waals surface area contributed by atoms with Crippen LogP contribution in [0, 0.1) is 5.82 Å². The Kier molecular flexibility index (Phi) is 3.45. The van der Waals surface area contributed by atoms with Crippen LogP contribution >= 0.6 is 0 Å². The topological polar surface area (TPSA) is 53.4 Å². The number of aromatic nitrogens is 2. The van der Waals surface area contributed by atoms with Crippen molar-refractivity contribution >= 4 is 10.9 Å². The Balaban J connectivity index is 1.71. The van der Waals surface area contributed by atoms with Crippen LogP contribution in [0.15, 0.2) is 53.6 Å². The van der Waals surface area contributed by atoms with Gasteiger partial charge in [-0.3, -0.25) is 9.36 Å². The van der Waals surface area contributed by atoms with Gasteiger partial charge in [0.1, 0.15) is 17.9 Å². The van der Waals surface area contributed by atoms with Crippen molar-refractivity contribution in [3.8, 4) is 11.5 Å². The number of nitrogens with zero attached hydrogens (tertiary/aromatic N) is 2. The minimum Gasteiger partial charge on any atom is -0.486 e. The number of fused-ring (bicyclic) bond motifs is 2. The minimum atomic E-state index is -0.504. The zero-order valence-corrected chi connectivity index (χ0v) is 13.0. The lowest BCUT2D eigenvalue weighted by Gasteiger charge is -2.31. The fourth-order valence-electron chi connectivity index (χ4n) is 2.87. The number of para-hydroxylation sites is 3.